The Morgan fingerprint density at radius 1 is 1.21 bits per heavy atom. The molecule has 0 unspecified atom stereocenters. The predicted molar refractivity (Wildman–Crippen MR) is 130 cm³/mol. The Bertz CT molecular complexity index is 967. The van der Waals surface area contributed by atoms with Crippen molar-refractivity contribution in [1.82, 2.24) is 15.3 Å². The second kappa shape index (κ2) is 11.8. The largest absolute Gasteiger partial charge is 0.492 e. The topological polar surface area (TPSA) is 112 Å². The van der Waals surface area contributed by atoms with Crippen LogP contribution in [0.3, 0.4) is 0 Å². The van der Waals surface area contributed by atoms with E-state index in [1.54, 1.807) is 7.05 Å². The second-order valence-corrected chi connectivity index (χ2v) is 8.90. The fourth-order valence-corrected chi connectivity index (χ4v) is 3.31. The zero-order valence-electron chi connectivity index (χ0n) is 21.2. The molecular formula is C25H36N4O5. The van der Waals surface area contributed by atoms with Crippen LogP contribution in [0.15, 0.2) is 24.5 Å². The van der Waals surface area contributed by atoms with Crippen molar-refractivity contribution < 1.29 is 23.8 Å². The zero-order chi connectivity index (χ0) is 25.4. The molecule has 34 heavy (non-hydrogen) atoms. The molecule has 1 aromatic carbocycles. The number of anilines is 1. The number of carbonyl (C=O) groups excluding carboxylic acids is 2. The maximum Gasteiger partial charge on any atom is 0.293 e. The van der Waals surface area contributed by atoms with Crippen molar-refractivity contribution in [2.75, 3.05) is 25.5 Å². The van der Waals surface area contributed by atoms with Crippen LogP contribution in [0.5, 0.6) is 17.4 Å². The molecule has 1 aromatic heterocycles. The maximum absolute atomic E-state index is 11.5. The van der Waals surface area contributed by atoms with E-state index in [1.807, 2.05) is 53.7 Å². The third kappa shape index (κ3) is 7.15. The molecule has 4 rings (SSSR count). The van der Waals surface area contributed by atoms with Crippen molar-refractivity contribution in [2.45, 2.75) is 65.4 Å². The first-order valence-electron chi connectivity index (χ1n) is 11.5. The summed E-state index contributed by atoms with van der Waals surface area (Å²) in [5.41, 5.74) is 2.08. The SMILES string of the molecule is CC.CC(C)(C)OC=O.CNCC(=O)Nc1cnc(Oc2ccc(C)c3c2C2(CC2)CO3)cn1. The number of carbonyl (C=O) groups is 2. The summed E-state index contributed by atoms with van der Waals surface area (Å²) in [6.07, 6.45) is 5.25. The van der Waals surface area contributed by atoms with Crippen LogP contribution in [0, 0.1) is 6.92 Å². The van der Waals surface area contributed by atoms with Crippen LogP contribution in [0.1, 0.15) is 58.6 Å². The maximum atomic E-state index is 11.5. The molecule has 1 aliphatic heterocycles. The number of fused-ring (bicyclic) bond motifs is 2. The lowest BCUT2D eigenvalue weighted by molar-refractivity contribution is -0.138. The van der Waals surface area contributed by atoms with Crippen molar-refractivity contribution in [3.63, 3.8) is 0 Å². The highest BCUT2D eigenvalue weighted by molar-refractivity contribution is 5.91. The van der Waals surface area contributed by atoms with Gasteiger partial charge >= 0.3 is 0 Å². The average molecular weight is 473 g/mol. The molecular weight excluding hydrogens is 436 g/mol. The van der Waals surface area contributed by atoms with Gasteiger partial charge in [0.15, 0.2) is 5.82 Å². The molecule has 0 bridgehead atoms. The van der Waals surface area contributed by atoms with Gasteiger partial charge in [0.25, 0.3) is 6.47 Å². The van der Waals surface area contributed by atoms with Crippen LogP contribution in [-0.2, 0) is 19.7 Å². The summed E-state index contributed by atoms with van der Waals surface area (Å²) < 4.78 is 16.4. The molecule has 1 spiro atoms. The molecule has 1 amide bonds. The Kier molecular flexibility index (Phi) is 9.37. The number of hydrogen-bond acceptors (Lipinski definition) is 8. The lowest BCUT2D eigenvalue weighted by atomic mass is 9.95. The first-order valence-corrected chi connectivity index (χ1v) is 11.5. The summed E-state index contributed by atoms with van der Waals surface area (Å²) >= 11 is 0. The molecule has 2 aromatic rings. The summed E-state index contributed by atoms with van der Waals surface area (Å²) in [6.45, 7) is 12.9. The highest BCUT2D eigenvalue weighted by Crippen LogP contribution is 2.59. The molecule has 1 fully saturated rings. The number of nitrogens with zero attached hydrogens (tertiary/aromatic N) is 2. The molecule has 186 valence electrons. The van der Waals surface area contributed by atoms with Crippen LogP contribution in [0.25, 0.3) is 0 Å². The van der Waals surface area contributed by atoms with Gasteiger partial charge < -0.3 is 24.8 Å². The van der Waals surface area contributed by atoms with E-state index in [9.17, 15) is 9.59 Å². The average Bonchev–Trinajstić information content (AvgIpc) is 3.46. The van der Waals surface area contributed by atoms with Crippen LogP contribution in [0.4, 0.5) is 5.82 Å². The molecule has 0 atom stereocenters. The monoisotopic (exact) mass is 472 g/mol. The van der Waals surface area contributed by atoms with Crippen LogP contribution >= 0.6 is 0 Å². The van der Waals surface area contributed by atoms with E-state index in [-0.39, 0.29) is 23.5 Å². The number of likely N-dealkylation sites (N-methyl/N-ethyl adjacent to an activating group) is 1. The molecule has 1 saturated carbocycles. The van der Waals surface area contributed by atoms with Crippen molar-refractivity contribution in [3.8, 4) is 17.4 Å². The highest BCUT2D eigenvalue weighted by Gasteiger charge is 2.53. The number of amides is 1. The standard InChI is InChI=1S/C18H20N4O3.C5H10O2.C2H6/c1-11-3-4-12(16-17(11)24-10-18(16)5-6-18)25-15-9-20-13(7-21-15)22-14(23)8-19-2;1-5(2,3)7-4-6;1-2/h3-4,7,9,19H,5-6,8,10H2,1-2H3,(H,20,22,23);4H,1-3H3;1-2H3. The molecule has 0 radical (unpaired) electrons. The summed E-state index contributed by atoms with van der Waals surface area (Å²) in [4.78, 5) is 29.6. The number of ether oxygens (including phenoxy) is 3. The van der Waals surface area contributed by atoms with Gasteiger partial charge in [0.1, 0.15) is 17.1 Å². The normalized spacial score (nSPS) is 14.3. The number of aromatic nitrogens is 2. The van der Waals surface area contributed by atoms with Crippen LogP contribution in [0.2, 0.25) is 0 Å². The molecule has 0 saturated heterocycles. The van der Waals surface area contributed by atoms with Gasteiger partial charge in [-0.25, -0.2) is 9.97 Å². The van der Waals surface area contributed by atoms with Gasteiger partial charge in [-0.05, 0) is 59.2 Å². The van der Waals surface area contributed by atoms with E-state index in [0.717, 1.165) is 42.1 Å². The molecule has 2 heterocycles. The van der Waals surface area contributed by atoms with E-state index in [0.29, 0.717) is 18.2 Å². The third-order valence-corrected chi connectivity index (χ3v) is 5.04. The number of hydrogen-bond donors (Lipinski definition) is 2. The minimum atomic E-state index is -0.318. The Morgan fingerprint density at radius 2 is 1.91 bits per heavy atom. The van der Waals surface area contributed by atoms with Crippen molar-refractivity contribution in [1.29, 1.82) is 0 Å². The number of aryl methyl sites for hydroxylation is 1. The number of nitrogens with one attached hydrogen (secondary N) is 2. The number of rotatable bonds is 6. The van der Waals surface area contributed by atoms with Crippen molar-refractivity contribution >= 4 is 18.2 Å². The Labute approximate surface area is 201 Å². The van der Waals surface area contributed by atoms with E-state index in [1.165, 1.54) is 12.4 Å². The smallest absolute Gasteiger partial charge is 0.293 e. The molecule has 2 N–H and O–H groups in total. The van der Waals surface area contributed by atoms with E-state index in [4.69, 9.17) is 9.47 Å². The van der Waals surface area contributed by atoms with Gasteiger partial charge in [0, 0.05) is 11.0 Å². The fraction of sp³-hybridized carbons (Fsp3) is 0.520. The van der Waals surface area contributed by atoms with Gasteiger partial charge in [0.2, 0.25) is 11.8 Å². The predicted octanol–water partition coefficient (Wildman–Crippen LogP) is 4.14. The first-order chi connectivity index (χ1) is 16.2. The minimum Gasteiger partial charge on any atom is -0.492 e. The quantitative estimate of drug-likeness (QED) is 0.603. The third-order valence-electron chi connectivity index (χ3n) is 5.04. The molecule has 2 aliphatic rings. The highest BCUT2D eigenvalue weighted by atomic mass is 16.5. The fourth-order valence-electron chi connectivity index (χ4n) is 3.31. The lowest BCUT2D eigenvalue weighted by Gasteiger charge is -2.14. The van der Waals surface area contributed by atoms with Gasteiger partial charge in [-0.1, -0.05) is 19.9 Å². The van der Waals surface area contributed by atoms with Gasteiger partial charge in [-0.3, -0.25) is 9.59 Å². The molecule has 9 nitrogen and oxygen atoms in total. The summed E-state index contributed by atoms with van der Waals surface area (Å²) in [7, 11) is 1.71. The van der Waals surface area contributed by atoms with Crippen LogP contribution < -0.4 is 20.1 Å². The summed E-state index contributed by atoms with van der Waals surface area (Å²) in [6, 6.07) is 3.96. The lowest BCUT2D eigenvalue weighted by Crippen LogP contribution is -2.25. The van der Waals surface area contributed by atoms with Gasteiger partial charge in [-0.15, -0.1) is 0 Å². The summed E-state index contributed by atoms with van der Waals surface area (Å²) in [5.74, 6) is 2.33. The summed E-state index contributed by atoms with van der Waals surface area (Å²) in [5, 5.41) is 5.43. The number of benzene rings is 1. The second-order valence-electron chi connectivity index (χ2n) is 8.90. The van der Waals surface area contributed by atoms with Gasteiger partial charge in [-0.2, -0.15) is 0 Å². The van der Waals surface area contributed by atoms with Crippen molar-refractivity contribution in [3.05, 3.63) is 35.7 Å². The molecule has 1 aliphatic carbocycles. The zero-order valence-corrected chi connectivity index (χ0v) is 21.2. The Hall–Kier alpha value is -3.20. The Morgan fingerprint density at radius 3 is 2.41 bits per heavy atom. The minimum absolute atomic E-state index is 0.116. The van der Waals surface area contributed by atoms with Crippen LogP contribution in [-0.4, -0.2) is 48.1 Å². The van der Waals surface area contributed by atoms with E-state index >= 15 is 0 Å². The van der Waals surface area contributed by atoms with E-state index in [2.05, 4.69) is 25.3 Å². The van der Waals surface area contributed by atoms with E-state index < -0.39 is 0 Å². The van der Waals surface area contributed by atoms with Gasteiger partial charge in [0.05, 0.1) is 25.5 Å². The Balaban J connectivity index is 0.000000393. The first kappa shape index (κ1) is 27.0. The van der Waals surface area contributed by atoms with Crippen molar-refractivity contribution in [2.24, 2.45) is 0 Å². The molecule has 9 heteroatoms.